The minimum atomic E-state index is 0.807. The fourth-order valence-corrected chi connectivity index (χ4v) is 3.79. The van der Waals surface area contributed by atoms with E-state index in [1.807, 2.05) is 6.07 Å². The summed E-state index contributed by atoms with van der Waals surface area (Å²) in [6, 6.07) is 25.5. The lowest BCUT2D eigenvalue weighted by Crippen LogP contribution is -1.87. The van der Waals surface area contributed by atoms with E-state index in [0.717, 1.165) is 11.1 Å². The zero-order valence-corrected chi connectivity index (χ0v) is 12.3. The quantitative estimate of drug-likeness (QED) is 0.219. The van der Waals surface area contributed by atoms with Crippen LogP contribution in [0.5, 0.6) is 0 Å². The highest BCUT2D eigenvalue weighted by Gasteiger charge is 2.14. The Labute approximate surface area is 132 Å². The van der Waals surface area contributed by atoms with Crippen molar-refractivity contribution < 1.29 is 0 Å². The van der Waals surface area contributed by atoms with E-state index in [2.05, 4.69) is 71.7 Å². The summed E-state index contributed by atoms with van der Waals surface area (Å²) in [5, 5.41) is 17.0. The van der Waals surface area contributed by atoms with Gasteiger partial charge < -0.3 is 0 Å². The molecule has 0 atom stereocenters. The first kappa shape index (κ1) is 12.3. The summed E-state index contributed by atoms with van der Waals surface area (Å²) in [7, 11) is 0. The Bertz CT molecular complexity index is 1260. The highest BCUT2D eigenvalue weighted by Crippen LogP contribution is 2.43. The van der Waals surface area contributed by atoms with Crippen LogP contribution in [0, 0.1) is 5.41 Å². The minimum absolute atomic E-state index is 0.807. The predicted octanol–water partition coefficient (Wildman–Crippen LogP) is 6.12. The molecule has 106 valence electrons. The summed E-state index contributed by atoms with van der Waals surface area (Å²) in [5.41, 5.74) is 0.807. The normalized spacial score (nSPS) is 11.5. The van der Waals surface area contributed by atoms with Gasteiger partial charge in [-0.1, -0.05) is 60.7 Å². The molecule has 0 saturated carbocycles. The number of benzene rings is 5. The van der Waals surface area contributed by atoms with Crippen molar-refractivity contribution >= 4 is 54.8 Å². The third-order valence-electron chi connectivity index (χ3n) is 4.66. The summed E-state index contributed by atoms with van der Waals surface area (Å²) >= 11 is 0. The Balaban J connectivity index is 2.27. The molecular formula is C21H12N2. The van der Waals surface area contributed by atoms with Crippen LogP contribution in [0.15, 0.2) is 71.7 Å². The maximum absolute atomic E-state index is 7.27. The molecule has 0 amide bonds. The molecule has 0 fully saturated rings. The van der Waals surface area contributed by atoms with E-state index in [-0.39, 0.29) is 0 Å². The van der Waals surface area contributed by atoms with E-state index in [1.54, 1.807) is 0 Å². The molecule has 23 heavy (non-hydrogen) atoms. The molecule has 5 rings (SSSR count). The molecule has 5 aromatic rings. The van der Waals surface area contributed by atoms with E-state index in [0.29, 0.717) is 0 Å². The van der Waals surface area contributed by atoms with Gasteiger partial charge in [-0.3, -0.25) is 0 Å². The van der Waals surface area contributed by atoms with Gasteiger partial charge in [0.15, 0.2) is 0 Å². The van der Waals surface area contributed by atoms with Gasteiger partial charge >= 0.3 is 0 Å². The molecule has 0 aliphatic heterocycles. The first-order chi connectivity index (χ1) is 11.4. The van der Waals surface area contributed by atoms with Crippen molar-refractivity contribution in [3.05, 3.63) is 66.7 Å². The van der Waals surface area contributed by atoms with Crippen LogP contribution in [-0.4, -0.2) is 6.01 Å². The SMILES string of the molecule is N=C=Nc1ccc2cccc3c4cccc5cccc(c1c23)c54. The molecule has 0 bridgehead atoms. The summed E-state index contributed by atoms with van der Waals surface area (Å²) in [5.74, 6) is 0. The molecule has 0 spiro atoms. The Morgan fingerprint density at radius 2 is 1.22 bits per heavy atom. The number of rotatable bonds is 1. The highest BCUT2D eigenvalue weighted by atomic mass is 14.7. The minimum Gasteiger partial charge on any atom is -0.241 e. The second kappa shape index (κ2) is 4.39. The molecule has 1 N–H and O–H groups in total. The number of hydrogen-bond acceptors (Lipinski definition) is 2. The Hall–Kier alpha value is -3.22. The highest BCUT2D eigenvalue weighted by molar-refractivity contribution is 6.34. The van der Waals surface area contributed by atoms with Crippen LogP contribution in [0.4, 0.5) is 5.69 Å². The van der Waals surface area contributed by atoms with Gasteiger partial charge in [-0.05, 0) is 43.8 Å². The lowest BCUT2D eigenvalue weighted by atomic mass is 9.89. The van der Waals surface area contributed by atoms with E-state index < -0.39 is 0 Å². The van der Waals surface area contributed by atoms with Crippen molar-refractivity contribution in [2.45, 2.75) is 0 Å². The monoisotopic (exact) mass is 292 g/mol. The zero-order valence-electron chi connectivity index (χ0n) is 12.3. The molecule has 0 saturated heterocycles. The Morgan fingerprint density at radius 1 is 0.609 bits per heavy atom. The van der Waals surface area contributed by atoms with Crippen LogP contribution >= 0.6 is 0 Å². The maximum Gasteiger partial charge on any atom is 0.0918 e. The van der Waals surface area contributed by atoms with E-state index in [1.165, 1.54) is 37.7 Å². The van der Waals surface area contributed by atoms with Crippen LogP contribution in [-0.2, 0) is 0 Å². The number of fused-ring (bicyclic) bond motifs is 2. The van der Waals surface area contributed by atoms with Gasteiger partial charge in [0.1, 0.15) is 0 Å². The van der Waals surface area contributed by atoms with E-state index >= 15 is 0 Å². The molecule has 0 unspecified atom stereocenters. The van der Waals surface area contributed by atoms with Crippen molar-refractivity contribution in [1.82, 2.24) is 0 Å². The maximum atomic E-state index is 7.27. The molecule has 2 heteroatoms. The summed E-state index contributed by atoms with van der Waals surface area (Å²) in [6.07, 6.45) is 0. The smallest absolute Gasteiger partial charge is 0.0918 e. The summed E-state index contributed by atoms with van der Waals surface area (Å²) in [6.45, 7) is 0. The van der Waals surface area contributed by atoms with Gasteiger partial charge in [-0.2, -0.15) is 4.99 Å². The molecule has 0 radical (unpaired) electrons. The van der Waals surface area contributed by atoms with Gasteiger partial charge in [0.25, 0.3) is 0 Å². The average Bonchev–Trinajstić information content (AvgIpc) is 2.60. The molecule has 0 aromatic heterocycles. The lowest BCUT2D eigenvalue weighted by molar-refractivity contribution is 1.51. The zero-order chi connectivity index (χ0) is 15.4. The van der Waals surface area contributed by atoms with Crippen LogP contribution < -0.4 is 0 Å². The Kier molecular flexibility index (Phi) is 2.35. The standard InChI is InChI=1S/C21H12N2/c22-12-23-18-11-10-14-6-2-8-16-15-7-1-4-13-5-3-9-17(19(13)15)21(18)20(14)16/h1-11,22H. The molecule has 0 aliphatic carbocycles. The van der Waals surface area contributed by atoms with Gasteiger partial charge in [-0.25, -0.2) is 5.41 Å². The van der Waals surface area contributed by atoms with Crippen LogP contribution in [0.25, 0.3) is 43.1 Å². The summed E-state index contributed by atoms with van der Waals surface area (Å²) < 4.78 is 0. The fraction of sp³-hybridized carbons (Fsp3) is 0. The molecule has 5 aromatic carbocycles. The van der Waals surface area contributed by atoms with Crippen molar-refractivity contribution in [3.8, 4) is 0 Å². The second-order valence-corrected chi connectivity index (χ2v) is 5.80. The van der Waals surface area contributed by atoms with Gasteiger partial charge in [0.2, 0.25) is 0 Å². The second-order valence-electron chi connectivity index (χ2n) is 5.80. The van der Waals surface area contributed by atoms with Crippen LogP contribution in [0.2, 0.25) is 0 Å². The lowest BCUT2D eigenvalue weighted by Gasteiger charge is -2.15. The number of nitrogens with zero attached hydrogens (tertiary/aromatic N) is 1. The summed E-state index contributed by atoms with van der Waals surface area (Å²) in [4.78, 5) is 4.18. The van der Waals surface area contributed by atoms with Gasteiger partial charge in [0, 0.05) is 5.39 Å². The predicted molar refractivity (Wildman–Crippen MR) is 97.5 cm³/mol. The fourth-order valence-electron chi connectivity index (χ4n) is 3.79. The van der Waals surface area contributed by atoms with Crippen LogP contribution in [0.3, 0.4) is 0 Å². The molecule has 0 aliphatic rings. The van der Waals surface area contributed by atoms with Crippen molar-refractivity contribution in [2.24, 2.45) is 4.99 Å². The molecule has 2 nitrogen and oxygen atoms in total. The van der Waals surface area contributed by atoms with Crippen LogP contribution in [0.1, 0.15) is 0 Å². The van der Waals surface area contributed by atoms with Gasteiger partial charge in [0.05, 0.1) is 11.7 Å². The average molecular weight is 292 g/mol. The van der Waals surface area contributed by atoms with Crippen molar-refractivity contribution in [3.63, 3.8) is 0 Å². The van der Waals surface area contributed by atoms with Crippen molar-refractivity contribution in [1.29, 1.82) is 5.41 Å². The first-order valence-corrected chi connectivity index (χ1v) is 7.59. The topological polar surface area (TPSA) is 36.2 Å². The van der Waals surface area contributed by atoms with Gasteiger partial charge in [-0.15, -0.1) is 0 Å². The number of hydrogen-bond donors (Lipinski definition) is 1. The van der Waals surface area contributed by atoms with E-state index in [4.69, 9.17) is 5.41 Å². The third kappa shape index (κ3) is 1.53. The van der Waals surface area contributed by atoms with Crippen molar-refractivity contribution in [2.75, 3.05) is 0 Å². The largest absolute Gasteiger partial charge is 0.241 e. The molecule has 0 heterocycles. The first-order valence-electron chi connectivity index (χ1n) is 7.59. The molecular weight excluding hydrogens is 280 g/mol. The number of aliphatic imine (C=N–C) groups is 1. The van der Waals surface area contributed by atoms with E-state index in [9.17, 15) is 0 Å². The Morgan fingerprint density at radius 3 is 1.91 bits per heavy atom. The third-order valence-corrected chi connectivity index (χ3v) is 4.66. The number of nitrogens with one attached hydrogen (secondary N) is 1.